The van der Waals surface area contributed by atoms with E-state index in [0.29, 0.717) is 30.3 Å². The van der Waals surface area contributed by atoms with Gasteiger partial charge in [-0.2, -0.15) is 0 Å². The maximum atomic E-state index is 11.9. The van der Waals surface area contributed by atoms with Crippen LogP contribution >= 0.6 is 24.8 Å². The summed E-state index contributed by atoms with van der Waals surface area (Å²) in [4.78, 5) is 14.4. The number of piperidine rings is 1. The molecular formula is C15H27Cl2N3O2. The highest BCUT2D eigenvalue weighted by atomic mass is 35.5. The fraction of sp³-hybridized carbons (Fsp3) is 0.667. The van der Waals surface area contributed by atoms with Gasteiger partial charge < -0.3 is 20.4 Å². The summed E-state index contributed by atoms with van der Waals surface area (Å²) in [6.45, 7) is 6.63. The summed E-state index contributed by atoms with van der Waals surface area (Å²) in [6.07, 6.45) is 5.42. The Labute approximate surface area is 144 Å². The first-order valence-electron chi connectivity index (χ1n) is 7.47. The summed E-state index contributed by atoms with van der Waals surface area (Å²) in [5, 5.41) is 2.96. The lowest BCUT2D eigenvalue weighted by Crippen LogP contribution is -2.37. The van der Waals surface area contributed by atoms with Crippen LogP contribution in [0.1, 0.15) is 42.3 Å². The van der Waals surface area contributed by atoms with Gasteiger partial charge in [-0.25, -0.2) is 0 Å². The minimum Gasteiger partial charge on any atom is -0.467 e. The number of carbonyl (C=O) groups is 1. The fourth-order valence-corrected chi connectivity index (χ4v) is 2.62. The monoisotopic (exact) mass is 351 g/mol. The molecule has 1 aliphatic rings. The van der Waals surface area contributed by atoms with Gasteiger partial charge in [0.2, 0.25) is 0 Å². The van der Waals surface area contributed by atoms with E-state index >= 15 is 0 Å². The van der Waals surface area contributed by atoms with Crippen molar-refractivity contribution in [3.05, 3.63) is 23.7 Å². The van der Waals surface area contributed by atoms with Crippen molar-refractivity contribution >= 4 is 30.7 Å². The van der Waals surface area contributed by atoms with Crippen molar-refractivity contribution in [1.82, 2.24) is 10.2 Å². The Balaban J connectivity index is 0.00000220. The molecule has 7 heteroatoms. The van der Waals surface area contributed by atoms with Crippen LogP contribution < -0.4 is 11.1 Å². The standard InChI is InChI=1S/C15H25N3O2.2ClH/c1-12(10-18-5-3-2-4-6-18)9-17-15(19)13-7-14(8-16)20-11-13;;/h7,11-12H,2-6,8-10,16H2,1H3,(H,17,19);2*1H. The summed E-state index contributed by atoms with van der Waals surface area (Å²) in [7, 11) is 0. The summed E-state index contributed by atoms with van der Waals surface area (Å²) < 4.78 is 5.17. The SMILES string of the molecule is CC(CNC(=O)c1coc(CN)c1)CN1CCCCC1.Cl.Cl. The van der Waals surface area contributed by atoms with Gasteiger partial charge in [0.25, 0.3) is 5.91 Å². The highest BCUT2D eigenvalue weighted by Crippen LogP contribution is 2.11. The van der Waals surface area contributed by atoms with Crippen molar-refractivity contribution in [3.8, 4) is 0 Å². The molecule has 22 heavy (non-hydrogen) atoms. The topological polar surface area (TPSA) is 71.5 Å². The number of nitrogens with zero attached hydrogens (tertiary/aromatic N) is 1. The molecule has 0 aliphatic carbocycles. The first kappa shape index (κ1) is 21.2. The van der Waals surface area contributed by atoms with Crippen molar-refractivity contribution in [1.29, 1.82) is 0 Å². The van der Waals surface area contributed by atoms with Crippen LogP contribution in [0.2, 0.25) is 0 Å². The van der Waals surface area contributed by atoms with E-state index in [9.17, 15) is 4.79 Å². The van der Waals surface area contributed by atoms with Crippen LogP contribution in [0.5, 0.6) is 0 Å². The number of nitrogens with one attached hydrogen (secondary N) is 1. The molecule has 1 amide bonds. The quantitative estimate of drug-likeness (QED) is 0.825. The molecule has 0 bridgehead atoms. The maximum Gasteiger partial charge on any atom is 0.254 e. The molecule has 128 valence electrons. The minimum absolute atomic E-state index is 0. The Bertz CT molecular complexity index is 434. The fourth-order valence-electron chi connectivity index (χ4n) is 2.62. The molecule has 5 nitrogen and oxygen atoms in total. The first-order valence-corrected chi connectivity index (χ1v) is 7.47. The summed E-state index contributed by atoms with van der Waals surface area (Å²) >= 11 is 0. The van der Waals surface area contributed by atoms with Crippen molar-refractivity contribution in [2.75, 3.05) is 26.2 Å². The zero-order valence-corrected chi connectivity index (χ0v) is 14.7. The first-order chi connectivity index (χ1) is 9.69. The van der Waals surface area contributed by atoms with Crippen molar-refractivity contribution in [2.24, 2.45) is 11.7 Å². The van der Waals surface area contributed by atoms with Crippen LogP contribution in [0.25, 0.3) is 0 Å². The van der Waals surface area contributed by atoms with Crippen molar-refractivity contribution in [2.45, 2.75) is 32.7 Å². The molecule has 1 saturated heterocycles. The molecule has 3 N–H and O–H groups in total. The Morgan fingerprint density at radius 3 is 2.64 bits per heavy atom. The Morgan fingerprint density at radius 1 is 1.36 bits per heavy atom. The second kappa shape index (κ2) is 10.9. The molecule has 2 heterocycles. The van der Waals surface area contributed by atoms with Crippen LogP contribution in [0.3, 0.4) is 0 Å². The second-order valence-electron chi connectivity index (χ2n) is 5.68. The molecule has 1 aromatic rings. The predicted molar refractivity (Wildman–Crippen MR) is 92.9 cm³/mol. The molecule has 1 atom stereocenters. The van der Waals surface area contributed by atoms with E-state index in [4.69, 9.17) is 10.2 Å². The lowest BCUT2D eigenvalue weighted by atomic mass is 10.1. The van der Waals surface area contributed by atoms with E-state index in [-0.39, 0.29) is 30.7 Å². The highest BCUT2D eigenvalue weighted by molar-refractivity contribution is 5.93. The third-order valence-corrected chi connectivity index (χ3v) is 3.75. The number of hydrogen-bond donors (Lipinski definition) is 2. The summed E-state index contributed by atoms with van der Waals surface area (Å²) in [5.74, 6) is 1.01. The van der Waals surface area contributed by atoms with Gasteiger partial charge in [0.15, 0.2) is 0 Å². The zero-order chi connectivity index (χ0) is 14.4. The number of amides is 1. The van der Waals surface area contributed by atoms with Gasteiger partial charge in [-0.05, 0) is 37.9 Å². The van der Waals surface area contributed by atoms with Gasteiger partial charge in [0.1, 0.15) is 12.0 Å². The average molecular weight is 352 g/mol. The second-order valence-corrected chi connectivity index (χ2v) is 5.68. The van der Waals surface area contributed by atoms with Crippen LogP contribution in [-0.2, 0) is 6.54 Å². The van der Waals surface area contributed by atoms with Crippen LogP contribution in [-0.4, -0.2) is 37.0 Å². The Hall–Kier alpha value is -0.750. The van der Waals surface area contributed by atoms with Gasteiger partial charge in [0.05, 0.1) is 12.1 Å². The number of carbonyl (C=O) groups excluding carboxylic acids is 1. The molecular weight excluding hydrogens is 325 g/mol. The van der Waals surface area contributed by atoms with Crippen molar-refractivity contribution < 1.29 is 9.21 Å². The van der Waals surface area contributed by atoms with Gasteiger partial charge in [-0.15, -0.1) is 24.8 Å². The number of furan rings is 1. The van der Waals surface area contributed by atoms with Gasteiger partial charge in [0, 0.05) is 13.1 Å². The lowest BCUT2D eigenvalue weighted by molar-refractivity contribution is 0.0942. The summed E-state index contributed by atoms with van der Waals surface area (Å²) in [5.41, 5.74) is 6.01. The van der Waals surface area contributed by atoms with Crippen molar-refractivity contribution in [3.63, 3.8) is 0 Å². The van der Waals surface area contributed by atoms with Gasteiger partial charge in [-0.1, -0.05) is 13.3 Å². The molecule has 0 aromatic carbocycles. The third-order valence-electron chi connectivity index (χ3n) is 3.75. The maximum absolute atomic E-state index is 11.9. The molecule has 0 spiro atoms. The molecule has 1 unspecified atom stereocenters. The van der Waals surface area contributed by atoms with Crippen LogP contribution in [0.4, 0.5) is 0 Å². The number of likely N-dealkylation sites (tertiary alicyclic amines) is 1. The van der Waals surface area contributed by atoms with E-state index in [1.54, 1.807) is 6.07 Å². The van der Waals surface area contributed by atoms with Gasteiger partial charge >= 0.3 is 0 Å². The third kappa shape index (κ3) is 6.57. The van der Waals surface area contributed by atoms with E-state index in [2.05, 4.69) is 17.1 Å². The largest absolute Gasteiger partial charge is 0.467 e. The Morgan fingerprint density at radius 2 is 2.05 bits per heavy atom. The van der Waals surface area contributed by atoms with E-state index < -0.39 is 0 Å². The average Bonchev–Trinajstić information content (AvgIpc) is 2.95. The number of halogens is 2. The Kier molecular flexibility index (Phi) is 10.5. The minimum atomic E-state index is -0.0843. The number of rotatable bonds is 6. The molecule has 2 rings (SSSR count). The van der Waals surface area contributed by atoms with Crippen LogP contribution in [0, 0.1) is 5.92 Å². The molecule has 1 aliphatic heterocycles. The number of hydrogen-bond acceptors (Lipinski definition) is 4. The molecule has 0 saturated carbocycles. The zero-order valence-electron chi connectivity index (χ0n) is 13.0. The normalized spacial score (nSPS) is 16.3. The van der Waals surface area contributed by atoms with E-state index in [0.717, 1.165) is 6.54 Å². The summed E-state index contributed by atoms with van der Waals surface area (Å²) in [6, 6.07) is 1.70. The predicted octanol–water partition coefficient (Wildman–Crippen LogP) is 2.43. The van der Waals surface area contributed by atoms with E-state index in [1.165, 1.54) is 38.6 Å². The van der Waals surface area contributed by atoms with Crippen LogP contribution in [0.15, 0.2) is 16.7 Å². The molecule has 0 radical (unpaired) electrons. The molecule has 1 fully saturated rings. The smallest absolute Gasteiger partial charge is 0.254 e. The highest BCUT2D eigenvalue weighted by Gasteiger charge is 2.15. The number of nitrogens with two attached hydrogens (primary N) is 1. The van der Waals surface area contributed by atoms with Gasteiger partial charge in [-0.3, -0.25) is 4.79 Å². The molecule has 1 aromatic heterocycles. The van der Waals surface area contributed by atoms with E-state index in [1.807, 2.05) is 0 Å². The lowest BCUT2D eigenvalue weighted by Gasteiger charge is -2.29.